The summed E-state index contributed by atoms with van der Waals surface area (Å²) in [6, 6.07) is 12.1. The first-order valence-corrected chi connectivity index (χ1v) is 5.49. The number of para-hydroxylation sites is 1. The Morgan fingerprint density at radius 3 is 2.88 bits per heavy atom. The van der Waals surface area contributed by atoms with Gasteiger partial charge in [-0.25, -0.2) is 0 Å². The number of hydrogen-bond acceptors (Lipinski definition) is 3. The molecule has 3 aromatic rings. The van der Waals surface area contributed by atoms with Gasteiger partial charge in [-0.2, -0.15) is 9.89 Å². The monoisotopic (exact) mass is 224 g/mol. The Labute approximate surface area is 98.9 Å². The minimum absolute atomic E-state index is 0.708. The van der Waals surface area contributed by atoms with E-state index in [1.54, 1.807) is 11.0 Å². The van der Waals surface area contributed by atoms with Crippen LogP contribution in [0, 0.1) is 0 Å². The van der Waals surface area contributed by atoms with Crippen LogP contribution in [0.15, 0.2) is 55.0 Å². The third-order valence-corrected chi connectivity index (χ3v) is 2.63. The molecular weight excluding hydrogens is 212 g/mol. The summed E-state index contributed by atoms with van der Waals surface area (Å²) in [6.45, 7) is 0.708. The van der Waals surface area contributed by atoms with Crippen molar-refractivity contribution in [1.29, 1.82) is 0 Å². The molecule has 1 N–H and O–H groups in total. The van der Waals surface area contributed by atoms with E-state index in [-0.39, 0.29) is 0 Å². The second kappa shape index (κ2) is 4.25. The van der Waals surface area contributed by atoms with Gasteiger partial charge in [-0.1, -0.05) is 24.3 Å². The third-order valence-electron chi connectivity index (χ3n) is 2.63. The first kappa shape index (κ1) is 9.84. The van der Waals surface area contributed by atoms with Crippen LogP contribution in [-0.4, -0.2) is 14.9 Å². The van der Waals surface area contributed by atoms with Crippen LogP contribution in [0.2, 0.25) is 0 Å². The number of nitrogens with zero attached hydrogens (tertiary/aromatic N) is 3. The lowest BCUT2D eigenvalue weighted by atomic mass is 10.3. The standard InChI is InChI=1S/C13H12N4/c1-2-6-13-12(5-1)10-16-17(13)15-9-11-4-3-7-14-8-11/h1-8,10,15H,9H2. The van der Waals surface area contributed by atoms with E-state index in [9.17, 15) is 0 Å². The Morgan fingerprint density at radius 1 is 1.06 bits per heavy atom. The number of pyridine rings is 1. The summed E-state index contributed by atoms with van der Waals surface area (Å²) in [6.07, 6.45) is 5.47. The van der Waals surface area contributed by atoms with E-state index in [4.69, 9.17) is 0 Å². The molecule has 84 valence electrons. The predicted octanol–water partition coefficient (Wildman–Crippen LogP) is 2.17. The van der Waals surface area contributed by atoms with E-state index in [1.165, 1.54) is 0 Å². The van der Waals surface area contributed by atoms with Crippen molar-refractivity contribution in [1.82, 2.24) is 14.9 Å². The summed E-state index contributed by atoms with van der Waals surface area (Å²) < 4.78 is 0. The molecule has 0 spiro atoms. The van der Waals surface area contributed by atoms with Crippen molar-refractivity contribution in [2.75, 3.05) is 5.43 Å². The van der Waals surface area contributed by atoms with Gasteiger partial charge in [0.2, 0.25) is 0 Å². The van der Waals surface area contributed by atoms with Crippen molar-refractivity contribution >= 4 is 10.9 Å². The first-order valence-electron chi connectivity index (χ1n) is 5.49. The Morgan fingerprint density at radius 2 is 2.00 bits per heavy atom. The van der Waals surface area contributed by atoms with Crippen molar-refractivity contribution in [2.24, 2.45) is 0 Å². The van der Waals surface area contributed by atoms with E-state index in [0.29, 0.717) is 6.54 Å². The highest BCUT2D eigenvalue weighted by Crippen LogP contribution is 2.11. The van der Waals surface area contributed by atoms with Gasteiger partial charge < -0.3 is 5.43 Å². The molecule has 0 aliphatic rings. The smallest absolute Gasteiger partial charge is 0.0918 e. The van der Waals surface area contributed by atoms with Gasteiger partial charge >= 0.3 is 0 Å². The van der Waals surface area contributed by atoms with Crippen molar-refractivity contribution in [3.8, 4) is 0 Å². The molecule has 0 unspecified atom stereocenters. The molecule has 0 atom stereocenters. The zero-order valence-electron chi connectivity index (χ0n) is 9.24. The summed E-state index contributed by atoms with van der Waals surface area (Å²) in [5, 5.41) is 5.43. The molecule has 2 heterocycles. The van der Waals surface area contributed by atoms with Crippen molar-refractivity contribution < 1.29 is 0 Å². The lowest BCUT2D eigenvalue weighted by Gasteiger charge is -2.06. The number of hydrogen-bond donors (Lipinski definition) is 1. The maximum Gasteiger partial charge on any atom is 0.0918 e. The maximum absolute atomic E-state index is 4.30. The molecule has 0 amide bonds. The average molecular weight is 224 g/mol. The zero-order valence-corrected chi connectivity index (χ0v) is 9.24. The summed E-state index contributed by atoms with van der Waals surface area (Å²) in [5.74, 6) is 0. The van der Waals surface area contributed by atoms with Gasteiger partial charge in [0, 0.05) is 17.8 Å². The second-order valence-electron chi connectivity index (χ2n) is 3.81. The molecule has 4 heteroatoms. The molecule has 0 aliphatic carbocycles. The van der Waals surface area contributed by atoms with Crippen molar-refractivity contribution in [3.63, 3.8) is 0 Å². The van der Waals surface area contributed by atoms with Crippen LogP contribution in [0.25, 0.3) is 10.9 Å². The molecule has 0 saturated carbocycles. The van der Waals surface area contributed by atoms with Crippen LogP contribution in [-0.2, 0) is 6.54 Å². The second-order valence-corrected chi connectivity index (χ2v) is 3.81. The van der Waals surface area contributed by atoms with Crippen LogP contribution in [0.4, 0.5) is 0 Å². The number of benzene rings is 1. The van der Waals surface area contributed by atoms with Crippen LogP contribution >= 0.6 is 0 Å². The lowest BCUT2D eigenvalue weighted by molar-refractivity contribution is 0.754. The molecular formula is C13H12N4. The van der Waals surface area contributed by atoms with E-state index < -0.39 is 0 Å². The summed E-state index contributed by atoms with van der Waals surface area (Å²) in [5.41, 5.74) is 5.46. The van der Waals surface area contributed by atoms with Gasteiger partial charge in [0.25, 0.3) is 0 Å². The fourth-order valence-corrected chi connectivity index (χ4v) is 1.77. The van der Waals surface area contributed by atoms with E-state index in [0.717, 1.165) is 16.5 Å². The minimum atomic E-state index is 0.708. The normalized spacial score (nSPS) is 10.6. The average Bonchev–Trinajstić information content (AvgIpc) is 2.81. The molecule has 4 nitrogen and oxygen atoms in total. The van der Waals surface area contributed by atoms with E-state index in [2.05, 4.69) is 15.5 Å². The van der Waals surface area contributed by atoms with Gasteiger partial charge in [-0.05, 0) is 17.7 Å². The lowest BCUT2D eigenvalue weighted by Crippen LogP contribution is -2.15. The molecule has 2 aromatic heterocycles. The van der Waals surface area contributed by atoms with Crippen molar-refractivity contribution in [2.45, 2.75) is 6.54 Å². The quantitative estimate of drug-likeness (QED) is 0.741. The maximum atomic E-state index is 4.30. The Hall–Kier alpha value is -2.36. The van der Waals surface area contributed by atoms with E-state index in [1.807, 2.05) is 48.8 Å². The van der Waals surface area contributed by atoms with Gasteiger partial charge in [-0.3, -0.25) is 4.98 Å². The fourth-order valence-electron chi connectivity index (χ4n) is 1.77. The van der Waals surface area contributed by atoms with Gasteiger partial charge in [0.15, 0.2) is 0 Å². The van der Waals surface area contributed by atoms with Gasteiger partial charge in [0.1, 0.15) is 0 Å². The first-order chi connectivity index (χ1) is 8.43. The van der Waals surface area contributed by atoms with E-state index >= 15 is 0 Å². The Kier molecular flexibility index (Phi) is 2.46. The number of nitrogens with one attached hydrogen (secondary N) is 1. The van der Waals surface area contributed by atoms with Crippen LogP contribution in [0.5, 0.6) is 0 Å². The van der Waals surface area contributed by atoms with Gasteiger partial charge in [0.05, 0.1) is 18.3 Å². The molecule has 0 bridgehead atoms. The molecule has 0 saturated heterocycles. The minimum Gasteiger partial charge on any atom is -0.305 e. The molecule has 0 aliphatic heterocycles. The SMILES string of the molecule is c1cncc(CNn2ncc3ccccc32)c1. The van der Waals surface area contributed by atoms with Crippen LogP contribution in [0.3, 0.4) is 0 Å². The molecule has 17 heavy (non-hydrogen) atoms. The Balaban J connectivity index is 1.82. The van der Waals surface area contributed by atoms with Crippen molar-refractivity contribution in [3.05, 3.63) is 60.6 Å². The highest BCUT2D eigenvalue weighted by atomic mass is 15.5. The topological polar surface area (TPSA) is 42.7 Å². The molecule has 3 rings (SSSR count). The van der Waals surface area contributed by atoms with Crippen LogP contribution in [0.1, 0.15) is 5.56 Å². The fraction of sp³-hybridized carbons (Fsp3) is 0.0769. The third kappa shape index (κ3) is 1.97. The summed E-state index contributed by atoms with van der Waals surface area (Å²) >= 11 is 0. The Bertz CT molecular complexity index is 615. The number of aromatic nitrogens is 3. The summed E-state index contributed by atoms with van der Waals surface area (Å²) in [7, 11) is 0. The zero-order chi connectivity index (χ0) is 11.5. The van der Waals surface area contributed by atoms with Gasteiger partial charge in [-0.15, -0.1) is 0 Å². The summed E-state index contributed by atoms with van der Waals surface area (Å²) in [4.78, 5) is 5.87. The largest absolute Gasteiger partial charge is 0.305 e. The molecule has 1 aromatic carbocycles. The van der Waals surface area contributed by atoms with Crippen LogP contribution < -0.4 is 5.43 Å². The predicted molar refractivity (Wildman–Crippen MR) is 67.0 cm³/mol. The highest BCUT2D eigenvalue weighted by Gasteiger charge is 2.00. The highest BCUT2D eigenvalue weighted by molar-refractivity contribution is 5.78. The molecule has 0 fully saturated rings. The number of fused-ring (bicyclic) bond motifs is 1. The molecule has 0 radical (unpaired) electrons. The number of rotatable bonds is 3.